The van der Waals surface area contributed by atoms with E-state index in [9.17, 15) is 18.7 Å². The Hall–Kier alpha value is -6.54. The SMILES string of the molecule is CC(C)OC(=O)C(C)(C)N.C[C@H](Cn1cnc2c(N)ncnc21)OCP(=O)(O)O.Cl.N#Cc1cccc(O)c1.[C-]#[N+]c1cc(OP(=O)(CO[C@H](C)Cn2cnc3c(N)ncnc32)NC(C)(C)C(=O)OC(C)C)ccc1Cl. The number of nitrogen functional groups attached to an aromatic ring is 2. The molecule has 4 heterocycles. The van der Waals surface area contributed by atoms with Crippen molar-refractivity contribution in [1.82, 2.24) is 44.1 Å². The van der Waals surface area contributed by atoms with Crippen LogP contribution in [0.15, 0.2) is 67.8 Å². The fourth-order valence-corrected chi connectivity index (χ4v) is 8.45. The van der Waals surface area contributed by atoms with E-state index in [1.165, 1.54) is 63.2 Å². The van der Waals surface area contributed by atoms with E-state index in [0.29, 0.717) is 41.0 Å². The van der Waals surface area contributed by atoms with Crippen LogP contribution in [0.25, 0.3) is 27.2 Å². The summed E-state index contributed by atoms with van der Waals surface area (Å²) in [5.41, 5.74) is 17.4. The number of anilines is 2. The Balaban J connectivity index is 0.000000416. The number of nitrogens with zero attached hydrogens (tertiary/aromatic N) is 10. The van der Waals surface area contributed by atoms with Crippen LogP contribution in [-0.4, -0.2) is 114 Å². The van der Waals surface area contributed by atoms with Crippen molar-refractivity contribution < 1.29 is 57.1 Å². The average molecular weight is 1140 g/mol. The van der Waals surface area contributed by atoms with Gasteiger partial charge in [0.25, 0.3) is 0 Å². The van der Waals surface area contributed by atoms with Crippen LogP contribution in [-0.2, 0) is 50.8 Å². The largest absolute Gasteiger partial charge is 0.508 e. The Bertz CT molecular complexity index is 3060. The molecule has 1 unspecified atom stereocenters. The number of rotatable bonds is 18. The van der Waals surface area contributed by atoms with E-state index in [-0.39, 0.29) is 64.4 Å². The number of benzene rings is 2. The molecular weight excluding hydrogens is 1070 g/mol. The molecule has 0 saturated carbocycles. The average Bonchev–Trinajstić information content (AvgIpc) is 3.93. The number of phenols is 1. The summed E-state index contributed by atoms with van der Waals surface area (Å²) >= 11 is 6.02. The zero-order chi connectivity index (χ0) is 56.5. The van der Waals surface area contributed by atoms with Gasteiger partial charge in [0.15, 0.2) is 22.9 Å². The number of imidazole rings is 2. The van der Waals surface area contributed by atoms with Crippen molar-refractivity contribution in [1.29, 1.82) is 5.26 Å². The highest BCUT2D eigenvalue weighted by molar-refractivity contribution is 7.57. The van der Waals surface area contributed by atoms with Crippen molar-refractivity contribution in [3.8, 4) is 17.6 Å². The second-order valence-electron chi connectivity index (χ2n) is 18.1. The number of aromatic hydroxyl groups is 1. The van der Waals surface area contributed by atoms with Crippen molar-refractivity contribution in [2.24, 2.45) is 5.73 Å². The predicted octanol–water partition coefficient (Wildman–Crippen LogP) is 6.88. The Labute approximate surface area is 450 Å². The number of nitriles is 1. The molecule has 0 saturated heterocycles. The molecule has 0 spiro atoms. The maximum atomic E-state index is 14.0. The molecule has 26 nitrogen and oxygen atoms in total. The minimum absolute atomic E-state index is 0. The molecule has 0 amide bonds. The number of hydrogen-bond acceptors (Lipinski definition) is 20. The van der Waals surface area contributed by atoms with Gasteiger partial charge in [0.05, 0.1) is 68.4 Å². The lowest BCUT2D eigenvalue weighted by atomic mass is 10.1. The smallest absolute Gasteiger partial charge is 0.350 e. The third kappa shape index (κ3) is 21.6. The number of carbonyl (C=O) groups excluding carboxylic acids is 2. The topological polar surface area (TPSA) is 381 Å². The van der Waals surface area contributed by atoms with Crippen LogP contribution in [0.2, 0.25) is 5.02 Å². The van der Waals surface area contributed by atoms with Crippen LogP contribution in [0.4, 0.5) is 17.3 Å². The number of carbonyl (C=O) groups is 2. The van der Waals surface area contributed by atoms with Crippen LogP contribution in [0, 0.1) is 17.9 Å². The van der Waals surface area contributed by atoms with Crippen molar-refractivity contribution in [3.63, 3.8) is 0 Å². The zero-order valence-corrected chi connectivity index (χ0v) is 46.8. The lowest BCUT2D eigenvalue weighted by Gasteiger charge is -2.31. The number of aromatic nitrogens is 8. The molecule has 0 aliphatic carbocycles. The van der Waals surface area contributed by atoms with Gasteiger partial charge in [-0.3, -0.25) is 18.7 Å². The summed E-state index contributed by atoms with van der Waals surface area (Å²) in [6, 6.07) is 12.4. The summed E-state index contributed by atoms with van der Waals surface area (Å²) in [5, 5.41) is 20.1. The molecule has 6 aromatic rings. The maximum absolute atomic E-state index is 14.0. The van der Waals surface area contributed by atoms with Crippen LogP contribution >= 0.6 is 39.1 Å². The third-order valence-corrected chi connectivity index (χ3v) is 12.0. The van der Waals surface area contributed by atoms with Gasteiger partial charge in [0, 0.05) is 5.02 Å². The molecule has 0 aliphatic rings. The van der Waals surface area contributed by atoms with Gasteiger partial charge in [-0.05, 0) is 99.6 Å². The molecule has 3 atom stereocenters. The Kier molecular flexibility index (Phi) is 25.1. The van der Waals surface area contributed by atoms with E-state index < -0.39 is 57.1 Å². The molecule has 10 N–H and O–H groups in total. The van der Waals surface area contributed by atoms with Gasteiger partial charge < -0.3 is 64.7 Å². The first-order valence-electron chi connectivity index (χ1n) is 22.6. The molecule has 414 valence electrons. The quantitative estimate of drug-likeness (QED) is 0.0262. The molecule has 0 fully saturated rings. The van der Waals surface area contributed by atoms with Crippen molar-refractivity contribution in [2.75, 3.05) is 24.2 Å². The lowest BCUT2D eigenvalue weighted by Crippen LogP contribution is -2.48. The van der Waals surface area contributed by atoms with E-state index in [4.69, 9.17) is 79.0 Å². The molecule has 2 aromatic carbocycles. The normalized spacial score (nSPS) is 12.9. The van der Waals surface area contributed by atoms with Gasteiger partial charge >= 0.3 is 27.1 Å². The fraction of sp³-hybridized carbons (Fsp3) is 0.435. The number of esters is 2. The summed E-state index contributed by atoms with van der Waals surface area (Å²) in [7, 11) is -8.05. The molecule has 6 rings (SSSR count). The zero-order valence-electron chi connectivity index (χ0n) is 43.4. The third-order valence-electron chi connectivity index (χ3n) is 9.26. The highest BCUT2D eigenvalue weighted by atomic mass is 35.5. The molecule has 4 aromatic heterocycles. The monoisotopic (exact) mass is 1140 g/mol. The number of halogens is 2. The number of nitrogens with two attached hydrogens (primary N) is 3. The second-order valence-corrected chi connectivity index (χ2v) is 22.1. The summed E-state index contributed by atoms with van der Waals surface area (Å²) < 4.78 is 55.1. The Morgan fingerprint density at radius 3 is 1.74 bits per heavy atom. The van der Waals surface area contributed by atoms with Crippen molar-refractivity contribution in [2.45, 2.75) is 118 Å². The molecule has 30 heteroatoms. The molecule has 0 bridgehead atoms. The predicted molar refractivity (Wildman–Crippen MR) is 286 cm³/mol. The molecular formula is C46H64Cl2N14O12P2. The van der Waals surface area contributed by atoms with Crippen LogP contribution in [0.1, 0.15) is 74.8 Å². The number of phenolic OH excluding ortho intramolecular Hbond substituents is 1. The van der Waals surface area contributed by atoms with Crippen LogP contribution < -0.4 is 26.8 Å². The minimum atomic E-state index is -4.16. The van der Waals surface area contributed by atoms with Crippen LogP contribution in [0.3, 0.4) is 0 Å². The van der Waals surface area contributed by atoms with E-state index in [2.05, 4.69) is 39.8 Å². The standard InChI is InChI=1S/C23H29ClN7O5P.C9H14N5O4P.C7H15NO2.C7H5NO.ClH/c1-14(2)35-22(32)23(4,5)30-37(33,36-16-7-8-17(24)18(9-16)26-6)13-34-15(3)10-31-12-29-19-20(25)27-11-28-21(19)31;1-6(18-5-19(15,16)17)2-14-4-13-7-8(10)11-3-12-9(7)14;1-5(2)10-6(9)7(3,4)8;8-5-6-2-1-3-7(9)4-6;/h7-9,11-12,14-15H,10,13H2,1-5H3,(H,30,33)(H2,25,27,28);3-4,6H,2,5H2,1H3,(H2,10,11,12)(H2,15,16,17);5H,8H2,1-4H3;1-4,9H;1H/t15-,37?;6-;;;/m11.../s1. The second kappa shape index (κ2) is 29.1. The molecule has 0 radical (unpaired) electrons. The van der Waals surface area contributed by atoms with E-state index >= 15 is 0 Å². The summed E-state index contributed by atoms with van der Waals surface area (Å²) in [4.78, 5) is 68.7. The highest BCUT2D eigenvalue weighted by Crippen LogP contribution is 2.47. The summed E-state index contributed by atoms with van der Waals surface area (Å²) in [6.07, 6.45) is 3.43. The van der Waals surface area contributed by atoms with E-state index in [1.54, 1.807) is 83.0 Å². The van der Waals surface area contributed by atoms with Gasteiger partial charge in [-0.1, -0.05) is 23.7 Å². The van der Waals surface area contributed by atoms with Gasteiger partial charge in [-0.25, -0.2) is 39.8 Å². The highest BCUT2D eigenvalue weighted by Gasteiger charge is 2.40. The van der Waals surface area contributed by atoms with Crippen LogP contribution in [0.5, 0.6) is 11.5 Å². The van der Waals surface area contributed by atoms with Gasteiger partial charge in [-0.15, -0.1) is 12.4 Å². The van der Waals surface area contributed by atoms with Gasteiger partial charge in [-0.2, -0.15) is 5.26 Å². The first-order chi connectivity index (χ1) is 34.9. The number of hydrogen-bond donors (Lipinski definition) is 7. The van der Waals surface area contributed by atoms with E-state index in [0.717, 1.165) is 0 Å². The first kappa shape index (κ1) is 65.6. The lowest BCUT2D eigenvalue weighted by molar-refractivity contribution is -0.154. The van der Waals surface area contributed by atoms with Gasteiger partial charge in [0.2, 0.25) is 5.69 Å². The molecule has 0 aliphatic heterocycles. The number of fused-ring (bicyclic) bond motifs is 2. The summed E-state index contributed by atoms with van der Waals surface area (Å²) in [5.74, 6) is -0.163. The van der Waals surface area contributed by atoms with Crippen molar-refractivity contribution in [3.05, 3.63) is 89.8 Å². The van der Waals surface area contributed by atoms with E-state index in [1.807, 2.05) is 6.07 Å². The van der Waals surface area contributed by atoms with Gasteiger partial charge in [0.1, 0.15) is 59.0 Å². The molecule has 76 heavy (non-hydrogen) atoms. The maximum Gasteiger partial charge on any atom is 0.350 e. The number of nitrogens with one attached hydrogen (secondary N) is 1. The first-order valence-corrected chi connectivity index (χ1v) is 26.6. The summed E-state index contributed by atoms with van der Waals surface area (Å²) in [6.45, 7) is 24.7. The Morgan fingerprint density at radius 1 is 0.816 bits per heavy atom. The Morgan fingerprint density at radius 2 is 1.32 bits per heavy atom. The van der Waals surface area contributed by atoms with Crippen molar-refractivity contribution >= 4 is 90.7 Å². The fourth-order valence-electron chi connectivity index (χ4n) is 5.83. The minimum Gasteiger partial charge on any atom is -0.508 e. The number of ether oxygens (including phenoxy) is 4.